The van der Waals surface area contributed by atoms with E-state index in [-0.39, 0.29) is 27.4 Å². The molecule has 0 aromatic heterocycles. The van der Waals surface area contributed by atoms with E-state index in [1.54, 1.807) is 6.08 Å². The predicted octanol–water partition coefficient (Wildman–Crippen LogP) is 7.16. The van der Waals surface area contributed by atoms with Crippen LogP contribution in [0.3, 0.4) is 0 Å². The van der Waals surface area contributed by atoms with Gasteiger partial charge in [0.2, 0.25) is 0 Å². The van der Waals surface area contributed by atoms with Crippen LogP contribution in [0.5, 0.6) is 0 Å². The van der Waals surface area contributed by atoms with Crippen molar-refractivity contribution in [3.63, 3.8) is 0 Å². The van der Waals surface area contributed by atoms with E-state index in [1.165, 1.54) is 0 Å². The number of Topliss-reactive ketones (excluding diaryl/α,β-unsaturated/α-hetero) is 1. The maximum Gasteiger partial charge on any atom is 0.171 e. The zero-order valence-corrected chi connectivity index (χ0v) is 25.4. The molecule has 2 aliphatic heterocycles. The van der Waals surface area contributed by atoms with Crippen LogP contribution in [0.2, 0.25) is 0 Å². The third kappa shape index (κ3) is 6.60. The van der Waals surface area contributed by atoms with Gasteiger partial charge in [0.1, 0.15) is 29.1 Å². The van der Waals surface area contributed by atoms with Gasteiger partial charge in [0, 0.05) is 27.6 Å². The van der Waals surface area contributed by atoms with Gasteiger partial charge < -0.3 is 19.7 Å². The Hall–Kier alpha value is -2.37. The average Bonchev–Trinajstić information content (AvgIpc) is 2.94. The Bertz CT molecular complexity index is 1080. The lowest BCUT2D eigenvalue weighted by molar-refractivity contribution is -0.127. The molecule has 0 bridgehead atoms. The largest absolute Gasteiger partial charge is 0.465 e. The normalized spacial score (nSPS) is 27.2. The van der Waals surface area contributed by atoms with Crippen molar-refractivity contribution in [3.05, 3.63) is 70.6 Å². The molecule has 4 atom stereocenters. The predicted molar refractivity (Wildman–Crippen MR) is 152 cm³/mol. The van der Waals surface area contributed by atoms with E-state index in [2.05, 4.69) is 83.1 Å². The molecule has 0 aromatic carbocycles. The summed E-state index contributed by atoms with van der Waals surface area (Å²) in [5.41, 5.74) is 0.719. The molecule has 0 radical (unpaired) electrons. The first-order valence-electron chi connectivity index (χ1n) is 13.7. The molecule has 2 N–H and O–H groups in total. The number of aliphatic hydroxyl groups is 2. The molecule has 0 amide bonds. The number of aliphatic hydroxyl groups excluding tert-OH is 2. The summed E-state index contributed by atoms with van der Waals surface area (Å²) >= 11 is 0. The molecule has 38 heavy (non-hydrogen) atoms. The fourth-order valence-electron chi connectivity index (χ4n) is 4.50. The molecule has 5 heteroatoms. The Morgan fingerprint density at radius 2 is 0.921 bits per heavy atom. The van der Waals surface area contributed by atoms with Gasteiger partial charge in [-0.15, -0.1) is 0 Å². The highest BCUT2D eigenvalue weighted by atomic mass is 16.5. The van der Waals surface area contributed by atoms with E-state index >= 15 is 0 Å². The molecular formula is C33H48O5. The summed E-state index contributed by atoms with van der Waals surface area (Å²) in [4.78, 5) is 13.2. The monoisotopic (exact) mass is 524 g/mol. The quantitative estimate of drug-likeness (QED) is 0.401. The topological polar surface area (TPSA) is 76.0 Å². The highest BCUT2D eigenvalue weighted by molar-refractivity contribution is 5.91. The summed E-state index contributed by atoms with van der Waals surface area (Å²) in [6.45, 7) is 25.0. The zero-order valence-electron chi connectivity index (χ0n) is 25.4. The third-order valence-electron chi connectivity index (χ3n) is 7.09. The highest BCUT2D eigenvalue weighted by Gasteiger charge is 2.47. The van der Waals surface area contributed by atoms with Crippen LogP contribution < -0.4 is 0 Å². The minimum absolute atomic E-state index is 0.225. The van der Waals surface area contributed by atoms with Crippen molar-refractivity contribution in [1.29, 1.82) is 0 Å². The molecule has 1 aliphatic carbocycles. The van der Waals surface area contributed by atoms with E-state index < -0.39 is 24.0 Å². The van der Waals surface area contributed by atoms with Crippen molar-refractivity contribution in [3.8, 4) is 0 Å². The summed E-state index contributed by atoms with van der Waals surface area (Å²) in [7, 11) is 0. The molecular weight excluding hydrogens is 476 g/mol. The molecule has 1 saturated carbocycles. The summed E-state index contributed by atoms with van der Waals surface area (Å²) in [6.07, 6.45) is 9.01. The summed E-state index contributed by atoms with van der Waals surface area (Å²) in [6, 6.07) is 0. The van der Waals surface area contributed by atoms with E-state index in [0.29, 0.717) is 0 Å². The van der Waals surface area contributed by atoms with Gasteiger partial charge in [-0.3, -0.25) is 4.79 Å². The number of rotatable bonds is 2. The SMILES string of the molecule is CC(C)(C)C1=CC(=CC2C(=O)C(O)C(C=C3C=C(C(C)(C)C)OC(C(C)(C)C)=C3)C2O)C=C(C(C)(C)C)O1. The zero-order chi connectivity index (χ0) is 29.0. The molecule has 0 spiro atoms. The molecule has 2 heterocycles. The Morgan fingerprint density at radius 3 is 1.24 bits per heavy atom. The summed E-state index contributed by atoms with van der Waals surface area (Å²) in [5.74, 6) is 1.29. The first-order chi connectivity index (χ1) is 17.1. The van der Waals surface area contributed by atoms with Crippen molar-refractivity contribution >= 4 is 5.78 Å². The minimum atomic E-state index is -1.29. The van der Waals surface area contributed by atoms with Crippen molar-refractivity contribution in [2.45, 2.75) is 95.3 Å². The number of carbonyl (C=O) groups is 1. The van der Waals surface area contributed by atoms with Crippen LogP contribution in [-0.4, -0.2) is 28.2 Å². The standard InChI is InChI=1S/C33H48O5/c1-30(2,3)23-15-19(16-24(37-23)31(4,5)6)13-21-27(34)22(29(36)28(21)35)14-20-17-25(32(7,8)9)38-26(18-20)33(10,11)12/h13-18,21-22,27-28,34-35H,1-12H3. The second-order valence-electron chi connectivity index (χ2n) is 15.0. The van der Waals surface area contributed by atoms with Crippen molar-refractivity contribution in [1.82, 2.24) is 0 Å². The lowest BCUT2D eigenvalue weighted by Gasteiger charge is -2.33. The van der Waals surface area contributed by atoms with Crippen LogP contribution in [-0.2, 0) is 14.3 Å². The van der Waals surface area contributed by atoms with Gasteiger partial charge in [0.25, 0.3) is 0 Å². The Morgan fingerprint density at radius 1 is 0.605 bits per heavy atom. The van der Waals surface area contributed by atoms with Crippen molar-refractivity contribution in [2.75, 3.05) is 0 Å². The molecule has 5 nitrogen and oxygen atoms in total. The lowest BCUT2D eigenvalue weighted by Crippen LogP contribution is -2.25. The smallest absolute Gasteiger partial charge is 0.171 e. The summed E-state index contributed by atoms with van der Waals surface area (Å²) in [5, 5.41) is 22.3. The van der Waals surface area contributed by atoms with Crippen LogP contribution >= 0.6 is 0 Å². The number of hydrogen-bond acceptors (Lipinski definition) is 5. The Kier molecular flexibility index (Phi) is 7.93. The van der Waals surface area contributed by atoms with E-state index in [0.717, 1.165) is 34.2 Å². The fraction of sp³-hybridized carbons (Fsp3) is 0.606. The molecule has 3 aliphatic rings. The van der Waals surface area contributed by atoms with Crippen LogP contribution in [0.4, 0.5) is 0 Å². The van der Waals surface area contributed by atoms with E-state index in [1.807, 2.05) is 30.4 Å². The first kappa shape index (κ1) is 30.2. The fourth-order valence-corrected chi connectivity index (χ4v) is 4.50. The molecule has 3 rings (SSSR count). The van der Waals surface area contributed by atoms with Crippen LogP contribution in [0.15, 0.2) is 70.6 Å². The molecule has 0 aromatic rings. The molecule has 210 valence electrons. The number of ketones is 1. The van der Waals surface area contributed by atoms with Crippen molar-refractivity contribution < 1.29 is 24.5 Å². The summed E-state index contributed by atoms with van der Waals surface area (Å²) < 4.78 is 12.5. The molecule has 4 unspecified atom stereocenters. The van der Waals surface area contributed by atoms with Crippen LogP contribution in [0, 0.1) is 33.5 Å². The molecule has 1 fully saturated rings. The van der Waals surface area contributed by atoms with Gasteiger partial charge >= 0.3 is 0 Å². The van der Waals surface area contributed by atoms with Crippen LogP contribution in [0.1, 0.15) is 83.1 Å². The Balaban J connectivity index is 2.03. The number of carbonyl (C=O) groups excluding carboxylic acids is 1. The van der Waals surface area contributed by atoms with Gasteiger partial charge in [-0.1, -0.05) is 95.2 Å². The van der Waals surface area contributed by atoms with Gasteiger partial charge in [-0.05, 0) is 35.5 Å². The second kappa shape index (κ2) is 9.98. The van der Waals surface area contributed by atoms with Gasteiger partial charge in [-0.2, -0.15) is 0 Å². The average molecular weight is 525 g/mol. The lowest BCUT2D eigenvalue weighted by atomic mass is 9.85. The van der Waals surface area contributed by atoms with E-state index in [9.17, 15) is 15.0 Å². The highest BCUT2D eigenvalue weighted by Crippen LogP contribution is 2.42. The number of allylic oxidation sites excluding steroid dienone is 10. The van der Waals surface area contributed by atoms with Gasteiger partial charge in [0.15, 0.2) is 5.78 Å². The van der Waals surface area contributed by atoms with Crippen molar-refractivity contribution in [2.24, 2.45) is 33.5 Å². The third-order valence-corrected chi connectivity index (χ3v) is 7.09. The maximum absolute atomic E-state index is 13.2. The number of hydrogen-bond donors (Lipinski definition) is 2. The second-order valence-corrected chi connectivity index (χ2v) is 15.0. The van der Waals surface area contributed by atoms with Gasteiger partial charge in [-0.25, -0.2) is 0 Å². The van der Waals surface area contributed by atoms with Crippen LogP contribution in [0.25, 0.3) is 0 Å². The van der Waals surface area contributed by atoms with E-state index in [4.69, 9.17) is 9.47 Å². The number of ether oxygens (including phenoxy) is 2. The van der Waals surface area contributed by atoms with Gasteiger partial charge in [0.05, 0.1) is 12.0 Å². The first-order valence-corrected chi connectivity index (χ1v) is 13.7. The maximum atomic E-state index is 13.2. The molecule has 0 saturated heterocycles. The minimum Gasteiger partial charge on any atom is -0.465 e. The Labute approximate surface area is 229 Å².